The average molecular weight is 187 g/mol. The van der Waals surface area contributed by atoms with Gasteiger partial charge in [0.2, 0.25) is 0 Å². The Morgan fingerprint density at radius 3 is 2.31 bits per heavy atom. The van der Waals surface area contributed by atoms with Gasteiger partial charge in [-0.15, -0.1) is 0 Å². The summed E-state index contributed by atoms with van der Waals surface area (Å²) in [6, 6.07) is 0. The van der Waals surface area contributed by atoms with Crippen molar-refractivity contribution >= 4 is 6.09 Å². The largest absolute Gasteiger partial charge is 0.465 e. The maximum atomic E-state index is 10.8. The molecule has 4 heteroatoms. The highest BCUT2D eigenvalue weighted by Gasteiger charge is 2.50. The Labute approximate surface area is 78.2 Å². The van der Waals surface area contributed by atoms with Gasteiger partial charge in [-0.3, -0.25) is 4.90 Å². The van der Waals surface area contributed by atoms with Crippen LogP contribution >= 0.6 is 0 Å². The number of amides is 1. The first-order valence-electron chi connectivity index (χ1n) is 4.52. The summed E-state index contributed by atoms with van der Waals surface area (Å²) in [6.07, 6.45) is 0.234. The molecule has 76 valence electrons. The third kappa shape index (κ3) is 1.50. The Kier molecular flexibility index (Phi) is 2.28. The SMILES string of the molecule is CC(C)(C)C1(O)CCCN1C(=O)O. The summed E-state index contributed by atoms with van der Waals surface area (Å²) in [7, 11) is 0. The van der Waals surface area contributed by atoms with Gasteiger partial charge in [-0.05, 0) is 12.8 Å². The van der Waals surface area contributed by atoms with E-state index in [-0.39, 0.29) is 0 Å². The molecule has 0 aromatic heterocycles. The summed E-state index contributed by atoms with van der Waals surface area (Å²) >= 11 is 0. The molecule has 2 N–H and O–H groups in total. The fourth-order valence-electron chi connectivity index (χ4n) is 1.84. The van der Waals surface area contributed by atoms with E-state index in [2.05, 4.69) is 0 Å². The lowest BCUT2D eigenvalue weighted by Crippen LogP contribution is -2.55. The third-order valence-corrected chi connectivity index (χ3v) is 2.79. The number of aliphatic hydroxyl groups is 1. The summed E-state index contributed by atoms with van der Waals surface area (Å²) in [5.41, 5.74) is -1.62. The van der Waals surface area contributed by atoms with Gasteiger partial charge in [-0.2, -0.15) is 0 Å². The molecular formula is C9H17NO3. The van der Waals surface area contributed by atoms with Crippen molar-refractivity contribution in [2.75, 3.05) is 6.54 Å². The monoisotopic (exact) mass is 187 g/mol. The molecule has 1 saturated heterocycles. The normalized spacial score (nSPS) is 29.4. The van der Waals surface area contributed by atoms with Gasteiger partial charge >= 0.3 is 6.09 Å². The van der Waals surface area contributed by atoms with E-state index >= 15 is 0 Å². The maximum Gasteiger partial charge on any atom is 0.409 e. The summed E-state index contributed by atoms with van der Waals surface area (Å²) in [6.45, 7) is 6.00. The van der Waals surface area contributed by atoms with E-state index in [0.717, 1.165) is 11.3 Å². The lowest BCUT2D eigenvalue weighted by Gasteiger charge is -2.42. The van der Waals surface area contributed by atoms with Crippen LogP contribution in [0.5, 0.6) is 0 Å². The van der Waals surface area contributed by atoms with Gasteiger partial charge in [0, 0.05) is 12.0 Å². The topological polar surface area (TPSA) is 60.8 Å². The minimum atomic E-state index is -1.20. The predicted molar refractivity (Wildman–Crippen MR) is 48.4 cm³/mol. The molecule has 13 heavy (non-hydrogen) atoms. The molecule has 1 rings (SSSR count). The van der Waals surface area contributed by atoms with E-state index in [4.69, 9.17) is 5.11 Å². The van der Waals surface area contributed by atoms with Crippen molar-refractivity contribution in [3.63, 3.8) is 0 Å². The van der Waals surface area contributed by atoms with E-state index in [1.54, 1.807) is 0 Å². The van der Waals surface area contributed by atoms with Crippen LogP contribution in [0.25, 0.3) is 0 Å². The van der Waals surface area contributed by atoms with E-state index in [0.29, 0.717) is 13.0 Å². The first-order chi connectivity index (χ1) is 5.79. The Morgan fingerprint density at radius 1 is 1.46 bits per heavy atom. The molecule has 1 unspecified atom stereocenters. The molecule has 0 aromatic carbocycles. The minimum Gasteiger partial charge on any atom is -0.465 e. The number of carbonyl (C=O) groups is 1. The number of hydrogen-bond donors (Lipinski definition) is 2. The van der Waals surface area contributed by atoms with Gasteiger partial charge in [0.25, 0.3) is 0 Å². The van der Waals surface area contributed by atoms with Gasteiger partial charge in [0.1, 0.15) is 5.72 Å². The first kappa shape index (κ1) is 10.3. The standard InChI is InChI=1S/C9H17NO3/c1-8(2,3)9(13)5-4-6-10(9)7(11)12/h13H,4-6H2,1-3H3,(H,11,12). The lowest BCUT2D eigenvalue weighted by molar-refractivity contribution is -0.140. The molecule has 0 saturated carbocycles. The Bertz CT molecular complexity index is 221. The molecule has 1 aliphatic heterocycles. The van der Waals surface area contributed by atoms with Crippen molar-refractivity contribution in [1.29, 1.82) is 0 Å². The fourth-order valence-corrected chi connectivity index (χ4v) is 1.84. The molecule has 1 amide bonds. The van der Waals surface area contributed by atoms with Crippen LogP contribution in [0.1, 0.15) is 33.6 Å². The molecule has 1 aliphatic rings. The molecule has 0 aliphatic carbocycles. The molecule has 4 nitrogen and oxygen atoms in total. The maximum absolute atomic E-state index is 10.8. The van der Waals surface area contributed by atoms with Crippen molar-refractivity contribution in [2.45, 2.75) is 39.3 Å². The summed E-state index contributed by atoms with van der Waals surface area (Å²) in [5.74, 6) is 0. The third-order valence-electron chi connectivity index (χ3n) is 2.79. The van der Waals surface area contributed by atoms with Gasteiger partial charge in [-0.25, -0.2) is 4.79 Å². The first-order valence-corrected chi connectivity index (χ1v) is 4.52. The van der Waals surface area contributed by atoms with E-state index in [1.807, 2.05) is 20.8 Å². The lowest BCUT2D eigenvalue weighted by atomic mass is 9.81. The van der Waals surface area contributed by atoms with E-state index in [1.165, 1.54) is 0 Å². The quantitative estimate of drug-likeness (QED) is 0.604. The van der Waals surface area contributed by atoms with Crippen LogP contribution < -0.4 is 0 Å². The minimum absolute atomic E-state index is 0.429. The Hall–Kier alpha value is -0.770. The van der Waals surface area contributed by atoms with Crippen molar-refractivity contribution in [2.24, 2.45) is 5.41 Å². The molecular weight excluding hydrogens is 170 g/mol. The summed E-state index contributed by atoms with van der Waals surface area (Å²) in [5, 5.41) is 19.1. The molecule has 0 radical (unpaired) electrons. The van der Waals surface area contributed by atoms with Crippen molar-refractivity contribution in [1.82, 2.24) is 4.90 Å². The fraction of sp³-hybridized carbons (Fsp3) is 0.889. The molecule has 1 atom stereocenters. The van der Waals surface area contributed by atoms with Crippen LogP contribution in [0.3, 0.4) is 0 Å². The number of rotatable bonds is 0. The van der Waals surface area contributed by atoms with Gasteiger partial charge in [0.15, 0.2) is 0 Å². The van der Waals surface area contributed by atoms with Crippen molar-refractivity contribution < 1.29 is 15.0 Å². The van der Waals surface area contributed by atoms with Crippen molar-refractivity contribution in [3.05, 3.63) is 0 Å². The van der Waals surface area contributed by atoms with Crippen LogP contribution in [0.2, 0.25) is 0 Å². The van der Waals surface area contributed by atoms with Crippen LogP contribution in [-0.4, -0.2) is 33.5 Å². The van der Waals surface area contributed by atoms with Crippen LogP contribution in [0.4, 0.5) is 4.79 Å². The van der Waals surface area contributed by atoms with Gasteiger partial charge in [-0.1, -0.05) is 20.8 Å². The number of hydrogen-bond acceptors (Lipinski definition) is 2. The van der Waals surface area contributed by atoms with Crippen molar-refractivity contribution in [3.8, 4) is 0 Å². The number of nitrogens with zero attached hydrogens (tertiary/aromatic N) is 1. The van der Waals surface area contributed by atoms with E-state index in [9.17, 15) is 9.90 Å². The van der Waals surface area contributed by atoms with E-state index < -0.39 is 17.2 Å². The highest BCUT2D eigenvalue weighted by atomic mass is 16.4. The number of likely N-dealkylation sites (tertiary alicyclic amines) is 1. The smallest absolute Gasteiger partial charge is 0.409 e. The van der Waals surface area contributed by atoms with Gasteiger partial charge < -0.3 is 10.2 Å². The predicted octanol–water partition coefficient (Wildman–Crippen LogP) is 1.49. The second-order valence-electron chi connectivity index (χ2n) is 4.60. The molecule has 1 heterocycles. The Morgan fingerprint density at radius 2 is 2.00 bits per heavy atom. The molecule has 1 fully saturated rings. The van der Waals surface area contributed by atoms with Gasteiger partial charge in [0.05, 0.1) is 0 Å². The molecule has 0 aromatic rings. The van der Waals surface area contributed by atoms with Crippen LogP contribution in [-0.2, 0) is 0 Å². The molecule has 0 bridgehead atoms. The average Bonchev–Trinajstić information content (AvgIpc) is 2.30. The molecule has 0 spiro atoms. The van der Waals surface area contributed by atoms with Crippen LogP contribution in [0.15, 0.2) is 0 Å². The zero-order chi connectivity index (χ0) is 10.3. The second kappa shape index (κ2) is 2.87. The second-order valence-corrected chi connectivity index (χ2v) is 4.60. The number of carboxylic acid groups (broad SMARTS) is 1. The van der Waals surface area contributed by atoms with Crippen LogP contribution in [0, 0.1) is 5.41 Å². The zero-order valence-corrected chi connectivity index (χ0v) is 8.37. The summed E-state index contributed by atoms with van der Waals surface area (Å²) < 4.78 is 0. The highest BCUT2D eigenvalue weighted by Crippen LogP contribution is 2.41. The highest BCUT2D eigenvalue weighted by molar-refractivity contribution is 5.66. The zero-order valence-electron chi connectivity index (χ0n) is 8.37. The summed E-state index contributed by atoms with van der Waals surface area (Å²) in [4.78, 5) is 12.0. The Balaban J connectivity index is 2.95.